The van der Waals surface area contributed by atoms with Crippen molar-refractivity contribution in [3.05, 3.63) is 24.3 Å². The summed E-state index contributed by atoms with van der Waals surface area (Å²) in [5, 5.41) is 2.76. The fourth-order valence-corrected chi connectivity index (χ4v) is 2.11. The molecule has 2 unspecified atom stereocenters. The average molecular weight is 293 g/mol. The second-order valence-corrected chi connectivity index (χ2v) is 4.83. The van der Waals surface area contributed by atoms with Crippen LogP contribution in [0.1, 0.15) is 12.8 Å². The van der Waals surface area contributed by atoms with E-state index in [2.05, 4.69) is 5.32 Å². The van der Waals surface area contributed by atoms with Gasteiger partial charge in [-0.15, -0.1) is 0 Å². The van der Waals surface area contributed by atoms with E-state index in [0.29, 0.717) is 24.4 Å². The van der Waals surface area contributed by atoms with Crippen LogP contribution < -0.4 is 21.5 Å². The fraction of sp³-hybridized carbons (Fsp3) is 0.429. The van der Waals surface area contributed by atoms with Crippen molar-refractivity contribution in [2.24, 2.45) is 11.5 Å². The largest absolute Gasteiger partial charge is 0.484 e. The molecule has 1 heterocycles. The van der Waals surface area contributed by atoms with Gasteiger partial charge in [0.2, 0.25) is 0 Å². The Labute approximate surface area is 122 Å². The first-order chi connectivity index (χ1) is 10.1. The minimum Gasteiger partial charge on any atom is -0.484 e. The summed E-state index contributed by atoms with van der Waals surface area (Å²) in [6.45, 7) is 0.210. The van der Waals surface area contributed by atoms with Gasteiger partial charge in [0.05, 0.1) is 6.10 Å². The van der Waals surface area contributed by atoms with Crippen molar-refractivity contribution in [2.75, 3.05) is 18.5 Å². The zero-order chi connectivity index (χ0) is 15.2. The summed E-state index contributed by atoms with van der Waals surface area (Å²) in [4.78, 5) is 22.7. The summed E-state index contributed by atoms with van der Waals surface area (Å²) in [5.41, 5.74) is 11.1. The van der Waals surface area contributed by atoms with Crippen molar-refractivity contribution in [1.29, 1.82) is 0 Å². The molecule has 1 fully saturated rings. The molecule has 5 N–H and O–H groups in total. The molecule has 0 aliphatic carbocycles. The number of nitrogens with one attached hydrogen (secondary N) is 1. The molecule has 0 spiro atoms. The molecule has 0 bridgehead atoms. The molecule has 1 aliphatic rings. The summed E-state index contributed by atoms with van der Waals surface area (Å²) >= 11 is 0. The Balaban J connectivity index is 1.91. The SMILES string of the molecule is NCC1CCC(C(=O)Nc2cccc(OCC(N)=O)c2)O1. The van der Waals surface area contributed by atoms with Gasteiger partial charge >= 0.3 is 0 Å². The molecule has 1 saturated heterocycles. The summed E-state index contributed by atoms with van der Waals surface area (Å²) < 4.78 is 10.7. The number of anilines is 1. The summed E-state index contributed by atoms with van der Waals surface area (Å²) in [5.74, 6) is -0.312. The van der Waals surface area contributed by atoms with Gasteiger partial charge in [-0.3, -0.25) is 9.59 Å². The van der Waals surface area contributed by atoms with E-state index >= 15 is 0 Å². The number of hydrogen-bond donors (Lipinski definition) is 3. The Kier molecular flexibility index (Phi) is 5.13. The normalized spacial score (nSPS) is 21.0. The highest BCUT2D eigenvalue weighted by Gasteiger charge is 2.29. The van der Waals surface area contributed by atoms with E-state index < -0.39 is 12.0 Å². The predicted molar refractivity (Wildman–Crippen MR) is 76.7 cm³/mol. The topological polar surface area (TPSA) is 117 Å². The lowest BCUT2D eigenvalue weighted by atomic mass is 10.2. The smallest absolute Gasteiger partial charge is 0.255 e. The first-order valence-electron chi connectivity index (χ1n) is 6.76. The van der Waals surface area contributed by atoms with Crippen molar-refractivity contribution in [2.45, 2.75) is 25.0 Å². The van der Waals surface area contributed by atoms with Crippen molar-refractivity contribution in [1.82, 2.24) is 0 Å². The quantitative estimate of drug-likeness (QED) is 0.682. The molecular weight excluding hydrogens is 274 g/mol. The molecule has 2 amide bonds. The van der Waals surface area contributed by atoms with E-state index in [9.17, 15) is 9.59 Å². The summed E-state index contributed by atoms with van der Waals surface area (Å²) in [7, 11) is 0. The molecule has 21 heavy (non-hydrogen) atoms. The number of carbonyl (C=O) groups is 2. The van der Waals surface area contributed by atoms with E-state index in [1.165, 1.54) is 0 Å². The zero-order valence-corrected chi connectivity index (χ0v) is 11.6. The van der Waals surface area contributed by atoms with Gasteiger partial charge in [-0.25, -0.2) is 0 Å². The highest BCUT2D eigenvalue weighted by molar-refractivity contribution is 5.94. The van der Waals surface area contributed by atoms with Crippen LogP contribution in [-0.2, 0) is 14.3 Å². The molecule has 2 atom stereocenters. The second kappa shape index (κ2) is 7.05. The number of amides is 2. The Bertz CT molecular complexity index is 521. The number of primary amides is 1. The molecule has 1 aliphatic heterocycles. The van der Waals surface area contributed by atoms with Gasteiger partial charge in [0.25, 0.3) is 11.8 Å². The molecular formula is C14H19N3O4. The molecule has 2 rings (SSSR count). The zero-order valence-electron chi connectivity index (χ0n) is 11.6. The molecule has 7 nitrogen and oxygen atoms in total. The van der Waals surface area contributed by atoms with Crippen LogP contribution in [0.25, 0.3) is 0 Å². The number of carbonyl (C=O) groups excluding carboxylic acids is 2. The van der Waals surface area contributed by atoms with E-state index in [0.717, 1.165) is 6.42 Å². The van der Waals surface area contributed by atoms with E-state index in [-0.39, 0.29) is 18.6 Å². The van der Waals surface area contributed by atoms with Crippen LogP contribution in [0.2, 0.25) is 0 Å². The first-order valence-corrected chi connectivity index (χ1v) is 6.76. The number of rotatable bonds is 6. The molecule has 1 aromatic rings. The van der Waals surface area contributed by atoms with Crippen LogP contribution in [-0.4, -0.2) is 37.2 Å². The standard InChI is InChI=1S/C14H19N3O4/c15-7-11-4-5-12(21-11)14(19)17-9-2-1-3-10(6-9)20-8-13(16)18/h1-3,6,11-12H,4-5,7-8,15H2,(H2,16,18)(H,17,19). The Morgan fingerprint density at radius 3 is 2.86 bits per heavy atom. The van der Waals surface area contributed by atoms with Crippen LogP contribution in [0.5, 0.6) is 5.75 Å². The molecule has 114 valence electrons. The third kappa shape index (κ3) is 4.44. The number of hydrogen-bond acceptors (Lipinski definition) is 5. The van der Waals surface area contributed by atoms with Crippen molar-refractivity contribution in [3.63, 3.8) is 0 Å². The predicted octanol–water partition coefficient (Wildman–Crippen LogP) is -0.00450. The fourth-order valence-electron chi connectivity index (χ4n) is 2.11. The van der Waals surface area contributed by atoms with Gasteiger partial charge < -0.3 is 26.3 Å². The average Bonchev–Trinajstić information content (AvgIpc) is 2.94. The summed E-state index contributed by atoms with van der Waals surface area (Å²) in [6.07, 6.45) is 0.918. The number of benzene rings is 1. The highest BCUT2D eigenvalue weighted by atomic mass is 16.5. The Morgan fingerprint density at radius 1 is 1.38 bits per heavy atom. The lowest BCUT2D eigenvalue weighted by Crippen LogP contribution is -2.29. The molecule has 0 saturated carbocycles. The van der Waals surface area contributed by atoms with Crippen LogP contribution in [0.4, 0.5) is 5.69 Å². The van der Waals surface area contributed by atoms with Gasteiger partial charge in [0, 0.05) is 18.3 Å². The number of nitrogens with two attached hydrogens (primary N) is 2. The minimum absolute atomic E-state index is 0.0500. The van der Waals surface area contributed by atoms with Crippen LogP contribution >= 0.6 is 0 Å². The Morgan fingerprint density at radius 2 is 2.19 bits per heavy atom. The van der Waals surface area contributed by atoms with Gasteiger partial charge in [-0.05, 0) is 25.0 Å². The second-order valence-electron chi connectivity index (χ2n) is 4.83. The van der Waals surface area contributed by atoms with Crippen LogP contribution in [0.15, 0.2) is 24.3 Å². The molecule has 0 radical (unpaired) electrons. The van der Waals surface area contributed by atoms with Crippen molar-refractivity contribution >= 4 is 17.5 Å². The molecule has 0 aromatic heterocycles. The Hall–Kier alpha value is -2.12. The summed E-state index contributed by atoms with van der Waals surface area (Å²) in [6, 6.07) is 6.74. The monoisotopic (exact) mass is 293 g/mol. The maximum Gasteiger partial charge on any atom is 0.255 e. The highest BCUT2D eigenvalue weighted by Crippen LogP contribution is 2.22. The minimum atomic E-state index is -0.559. The molecule has 7 heteroatoms. The maximum absolute atomic E-state index is 12.1. The number of ether oxygens (including phenoxy) is 2. The first kappa shape index (κ1) is 15.3. The third-order valence-corrected chi connectivity index (χ3v) is 3.15. The van der Waals surface area contributed by atoms with Crippen molar-refractivity contribution in [3.8, 4) is 5.75 Å². The van der Waals surface area contributed by atoms with Gasteiger partial charge in [0.1, 0.15) is 11.9 Å². The third-order valence-electron chi connectivity index (χ3n) is 3.15. The van der Waals surface area contributed by atoms with Gasteiger partial charge in [-0.2, -0.15) is 0 Å². The van der Waals surface area contributed by atoms with E-state index in [4.69, 9.17) is 20.9 Å². The van der Waals surface area contributed by atoms with Gasteiger partial charge in [-0.1, -0.05) is 6.07 Å². The molecule has 1 aromatic carbocycles. The van der Waals surface area contributed by atoms with E-state index in [1.54, 1.807) is 24.3 Å². The van der Waals surface area contributed by atoms with Crippen LogP contribution in [0, 0.1) is 0 Å². The van der Waals surface area contributed by atoms with E-state index in [1.807, 2.05) is 0 Å². The lowest BCUT2D eigenvalue weighted by molar-refractivity contribution is -0.126. The van der Waals surface area contributed by atoms with Gasteiger partial charge in [0.15, 0.2) is 6.61 Å². The van der Waals surface area contributed by atoms with Crippen LogP contribution in [0.3, 0.4) is 0 Å². The maximum atomic E-state index is 12.1. The lowest BCUT2D eigenvalue weighted by Gasteiger charge is -2.13. The van der Waals surface area contributed by atoms with Crippen molar-refractivity contribution < 1.29 is 19.1 Å².